The minimum atomic E-state index is -4.58. The monoisotopic (exact) mass is 497 g/mol. The van der Waals surface area contributed by atoms with Gasteiger partial charge < -0.3 is 25.1 Å². The van der Waals surface area contributed by atoms with Crippen LogP contribution in [0.25, 0.3) is 11.0 Å². The van der Waals surface area contributed by atoms with Gasteiger partial charge in [-0.3, -0.25) is 4.90 Å². The zero-order valence-electron chi connectivity index (χ0n) is 18.0. The van der Waals surface area contributed by atoms with Crippen molar-refractivity contribution in [3.05, 3.63) is 47.2 Å². The van der Waals surface area contributed by atoms with Crippen LogP contribution >= 0.6 is 11.6 Å². The number of hydrogen-bond acceptors (Lipinski definition) is 5. The molecule has 4 rings (SSSR count). The van der Waals surface area contributed by atoms with Crippen molar-refractivity contribution in [2.45, 2.75) is 12.6 Å². The number of carbonyl (C=O) groups is 1. The first-order valence-corrected chi connectivity index (χ1v) is 11.0. The molecule has 0 bridgehead atoms. The number of urea groups is 1. The Kier molecular flexibility index (Phi) is 7.44. The SMILES string of the molecule is O=C(NCCCN1CCOCC1)Nc1ccc(Oc2ccnc3[nH]cc(C(F)(F)F)c23)c(Cl)c1. The maximum absolute atomic E-state index is 13.3. The Morgan fingerprint density at radius 1 is 1.24 bits per heavy atom. The van der Waals surface area contributed by atoms with Crippen molar-refractivity contribution >= 4 is 34.4 Å². The van der Waals surface area contributed by atoms with Crippen LogP contribution in [0.1, 0.15) is 12.0 Å². The van der Waals surface area contributed by atoms with E-state index in [1.54, 1.807) is 6.07 Å². The molecule has 8 nitrogen and oxygen atoms in total. The summed E-state index contributed by atoms with van der Waals surface area (Å²) in [6.45, 7) is 4.64. The molecular weight excluding hydrogens is 475 g/mol. The molecule has 3 heterocycles. The summed E-state index contributed by atoms with van der Waals surface area (Å²) in [5.41, 5.74) is -0.421. The summed E-state index contributed by atoms with van der Waals surface area (Å²) in [4.78, 5) is 20.8. The van der Waals surface area contributed by atoms with Crippen LogP contribution in [0.4, 0.5) is 23.7 Å². The molecule has 12 heteroatoms. The first-order valence-electron chi connectivity index (χ1n) is 10.7. The highest BCUT2D eigenvalue weighted by atomic mass is 35.5. The fourth-order valence-electron chi connectivity index (χ4n) is 3.62. The zero-order chi connectivity index (χ0) is 24.1. The van der Waals surface area contributed by atoms with Gasteiger partial charge in [0.1, 0.15) is 17.1 Å². The number of hydrogen-bond donors (Lipinski definition) is 3. The lowest BCUT2D eigenvalue weighted by Crippen LogP contribution is -2.38. The first kappa shape index (κ1) is 24.1. The first-order chi connectivity index (χ1) is 16.3. The summed E-state index contributed by atoms with van der Waals surface area (Å²) in [5.74, 6) is 0.0964. The van der Waals surface area contributed by atoms with Crippen molar-refractivity contribution in [1.29, 1.82) is 0 Å². The number of halogens is 4. The second kappa shape index (κ2) is 10.5. The molecule has 0 unspecified atom stereocenters. The molecule has 2 amide bonds. The van der Waals surface area contributed by atoms with Crippen molar-refractivity contribution in [3.8, 4) is 11.5 Å². The summed E-state index contributed by atoms with van der Waals surface area (Å²) in [6, 6.07) is 5.43. The molecule has 0 radical (unpaired) electrons. The number of pyridine rings is 1. The van der Waals surface area contributed by atoms with Crippen molar-refractivity contribution in [1.82, 2.24) is 20.2 Å². The maximum Gasteiger partial charge on any atom is 0.418 e. The van der Waals surface area contributed by atoms with Crippen LogP contribution in [0, 0.1) is 0 Å². The molecule has 0 saturated carbocycles. The number of nitrogens with one attached hydrogen (secondary N) is 3. The van der Waals surface area contributed by atoms with Gasteiger partial charge in [0.2, 0.25) is 0 Å². The number of anilines is 1. The molecule has 0 atom stereocenters. The molecule has 1 saturated heterocycles. The average Bonchev–Trinajstić information content (AvgIpc) is 3.25. The number of carbonyl (C=O) groups excluding carboxylic acids is 1. The largest absolute Gasteiger partial charge is 0.455 e. The lowest BCUT2D eigenvalue weighted by molar-refractivity contribution is -0.136. The molecular formula is C22H23ClF3N5O3. The minimum Gasteiger partial charge on any atom is -0.455 e. The average molecular weight is 498 g/mol. The van der Waals surface area contributed by atoms with Gasteiger partial charge in [-0.05, 0) is 37.2 Å². The van der Waals surface area contributed by atoms with E-state index in [1.807, 2.05) is 0 Å². The van der Waals surface area contributed by atoms with E-state index in [1.165, 1.54) is 24.4 Å². The third-order valence-corrected chi connectivity index (χ3v) is 5.59. The van der Waals surface area contributed by atoms with Crippen LogP contribution in [-0.4, -0.2) is 60.3 Å². The molecule has 0 aliphatic carbocycles. The Labute approximate surface area is 198 Å². The number of rotatable bonds is 7. The van der Waals surface area contributed by atoms with Gasteiger partial charge in [0.05, 0.1) is 29.2 Å². The van der Waals surface area contributed by atoms with Crippen molar-refractivity contribution in [2.24, 2.45) is 0 Å². The fraction of sp³-hybridized carbons (Fsp3) is 0.364. The van der Waals surface area contributed by atoms with E-state index in [9.17, 15) is 18.0 Å². The van der Waals surface area contributed by atoms with E-state index < -0.39 is 11.7 Å². The third kappa shape index (κ3) is 5.91. The molecule has 2 aromatic heterocycles. The second-order valence-electron chi connectivity index (χ2n) is 7.67. The van der Waals surface area contributed by atoms with Crippen LogP contribution in [0.5, 0.6) is 11.5 Å². The number of alkyl halides is 3. The normalized spacial score (nSPS) is 14.8. The molecule has 1 aliphatic heterocycles. The summed E-state index contributed by atoms with van der Waals surface area (Å²) in [6.07, 6.45) is -1.59. The Morgan fingerprint density at radius 2 is 2.03 bits per heavy atom. The molecule has 1 aliphatic rings. The van der Waals surface area contributed by atoms with Crippen LogP contribution in [0.2, 0.25) is 5.02 Å². The summed E-state index contributed by atoms with van der Waals surface area (Å²) >= 11 is 6.27. The predicted octanol–water partition coefficient (Wildman–Crippen LogP) is 4.87. The van der Waals surface area contributed by atoms with Crippen LogP contribution in [-0.2, 0) is 10.9 Å². The van der Waals surface area contributed by atoms with E-state index in [-0.39, 0.29) is 33.6 Å². The Bertz CT molecular complexity index is 1150. The van der Waals surface area contributed by atoms with E-state index in [0.717, 1.165) is 45.5 Å². The van der Waals surface area contributed by atoms with Gasteiger partial charge in [0.25, 0.3) is 0 Å². The molecule has 182 valence electrons. The number of H-pyrrole nitrogens is 1. The number of fused-ring (bicyclic) bond motifs is 1. The van der Waals surface area contributed by atoms with Gasteiger partial charge in [-0.15, -0.1) is 0 Å². The van der Waals surface area contributed by atoms with Gasteiger partial charge in [0.15, 0.2) is 0 Å². The maximum atomic E-state index is 13.3. The minimum absolute atomic E-state index is 0.0424. The number of ether oxygens (including phenoxy) is 2. The van der Waals surface area contributed by atoms with Crippen LogP contribution in [0.3, 0.4) is 0 Å². The van der Waals surface area contributed by atoms with Crippen molar-refractivity contribution in [2.75, 3.05) is 44.7 Å². The molecule has 1 fully saturated rings. The van der Waals surface area contributed by atoms with E-state index in [4.69, 9.17) is 21.1 Å². The van der Waals surface area contributed by atoms with E-state index in [2.05, 4.69) is 25.5 Å². The number of aromatic nitrogens is 2. The van der Waals surface area contributed by atoms with Crippen LogP contribution in [0.15, 0.2) is 36.7 Å². The van der Waals surface area contributed by atoms with Gasteiger partial charge in [0, 0.05) is 37.7 Å². The van der Waals surface area contributed by atoms with Gasteiger partial charge >= 0.3 is 12.2 Å². The number of amides is 2. The topological polar surface area (TPSA) is 91.5 Å². The third-order valence-electron chi connectivity index (χ3n) is 5.29. The molecule has 1 aromatic carbocycles. The highest BCUT2D eigenvalue weighted by molar-refractivity contribution is 6.32. The Hall–Kier alpha value is -3.02. The number of benzene rings is 1. The number of aromatic amines is 1. The highest BCUT2D eigenvalue weighted by Gasteiger charge is 2.35. The lowest BCUT2D eigenvalue weighted by Gasteiger charge is -2.26. The fourth-order valence-corrected chi connectivity index (χ4v) is 3.84. The van der Waals surface area contributed by atoms with Gasteiger partial charge in [-0.2, -0.15) is 13.2 Å². The summed E-state index contributed by atoms with van der Waals surface area (Å²) < 4.78 is 51.0. The second-order valence-corrected chi connectivity index (χ2v) is 8.08. The van der Waals surface area contributed by atoms with Crippen molar-refractivity contribution in [3.63, 3.8) is 0 Å². The van der Waals surface area contributed by atoms with E-state index in [0.29, 0.717) is 12.2 Å². The summed E-state index contributed by atoms with van der Waals surface area (Å²) in [7, 11) is 0. The predicted molar refractivity (Wildman–Crippen MR) is 122 cm³/mol. The standard InChI is InChI=1S/C22H23ClF3N5O3/c23-16-12-14(30-21(32)28-5-1-7-31-8-10-33-11-9-31)2-3-17(16)34-18-4-6-27-20-19(18)15(13-29-20)22(24,25)26/h2-4,6,12-13H,1,5,7-11H2,(H,27,29)(H2,28,30,32). The molecule has 0 spiro atoms. The van der Waals surface area contributed by atoms with E-state index >= 15 is 0 Å². The molecule has 3 aromatic rings. The van der Waals surface area contributed by atoms with Crippen LogP contribution < -0.4 is 15.4 Å². The lowest BCUT2D eigenvalue weighted by atomic mass is 10.2. The van der Waals surface area contributed by atoms with Gasteiger partial charge in [-0.25, -0.2) is 9.78 Å². The Morgan fingerprint density at radius 3 is 2.76 bits per heavy atom. The molecule has 3 N–H and O–H groups in total. The smallest absolute Gasteiger partial charge is 0.418 e. The number of nitrogens with zero attached hydrogens (tertiary/aromatic N) is 2. The zero-order valence-corrected chi connectivity index (χ0v) is 18.8. The summed E-state index contributed by atoms with van der Waals surface area (Å²) in [5, 5.41) is 5.40. The number of morpholine rings is 1. The highest BCUT2D eigenvalue weighted by Crippen LogP contribution is 2.41. The Balaban J connectivity index is 1.35. The quantitative estimate of drug-likeness (QED) is 0.405. The van der Waals surface area contributed by atoms with Crippen molar-refractivity contribution < 1.29 is 27.4 Å². The van der Waals surface area contributed by atoms with Gasteiger partial charge in [-0.1, -0.05) is 11.6 Å². The molecule has 34 heavy (non-hydrogen) atoms.